The Morgan fingerprint density at radius 2 is 1.21 bits per heavy atom. The van der Waals surface area contributed by atoms with Crippen molar-refractivity contribution in [3.8, 4) is 23.7 Å². The van der Waals surface area contributed by atoms with Gasteiger partial charge in [0, 0.05) is 16.7 Å². The van der Waals surface area contributed by atoms with E-state index in [-0.39, 0.29) is 5.82 Å². The Kier molecular flexibility index (Phi) is 6.03. The summed E-state index contributed by atoms with van der Waals surface area (Å²) in [6, 6.07) is 17.0. The molecule has 3 rings (SSSR count). The van der Waals surface area contributed by atoms with E-state index in [1.165, 1.54) is 22.8 Å². The molecule has 2 heteroatoms. The van der Waals surface area contributed by atoms with Crippen LogP contribution < -0.4 is 5.46 Å². The minimum atomic E-state index is -0.297. The Balaban J connectivity index is 1.77. The maximum absolute atomic E-state index is 14.0. The van der Waals surface area contributed by atoms with Gasteiger partial charge in [-0.15, -0.1) is 0 Å². The summed E-state index contributed by atoms with van der Waals surface area (Å²) < 4.78 is 14.0. The first-order chi connectivity index (χ1) is 13.5. The molecule has 0 amide bonds. The normalized spacial score (nSPS) is 9.75. The van der Waals surface area contributed by atoms with Gasteiger partial charge in [0.05, 0.1) is 5.56 Å². The van der Waals surface area contributed by atoms with Gasteiger partial charge in [-0.1, -0.05) is 42.0 Å². The number of halogens is 1. The molecule has 28 heavy (non-hydrogen) atoms. The number of benzene rings is 3. The van der Waals surface area contributed by atoms with Crippen molar-refractivity contribution in [3.05, 3.63) is 99.4 Å². The van der Waals surface area contributed by atoms with Crippen molar-refractivity contribution in [2.75, 3.05) is 0 Å². The number of hydrogen-bond acceptors (Lipinski definition) is 0. The van der Waals surface area contributed by atoms with Gasteiger partial charge in [-0.3, -0.25) is 0 Å². The summed E-state index contributed by atoms with van der Waals surface area (Å²) in [7, 11) is 1.86. The zero-order valence-corrected chi connectivity index (χ0v) is 16.7. The van der Waals surface area contributed by atoms with Gasteiger partial charge >= 0.3 is 0 Å². The van der Waals surface area contributed by atoms with E-state index in [9.17, 15) is 4.39 Å². The van der Waals surface area contributed by atoms with Crippen LogP contribution in [0.1, 0.15) is 38.9 Å². The van der Waals surface area contributed by atoms with Crippen LogP contribution in [0, 0.1) is 50.3 Å². The lowest BCUT2D eigenvalue weighted by Gasteiger charge is -2.04. The molecule has 0 atom stereocenters. The fourth-order valence-electron chi connectivity index (χ4n) is 2.84. The van der Waals surface area contributed by atoms with Crippen LogP contribution in [0.25, 0.3) is 0 Å². The summed E-state index contributed by atoms with van der Waals surface area (Å²) in [6.07, 6.45) is 0. The summed E-state index contributed by atoms with van der Waals surface area (Å²) in [6.45, 7) is 8.23. The van der Waals surface area contributed by atoms with Crippen LogP contribution in [0.4, 0.5) is 4.39 Å². The lowest BCUT2D eigenvalue weighted by Crippen LogP contribution is -2.10. The van der Waals surface area contributed by atoms with E-state index >= 15 is 0 Å². The molecule has 0 unspecified atom stereocenters. The third kappa shape index (κ3) is 4.73. The summed E-state index contributed by atoms with van der Waals surface area (Å²) in [4.78, 5) is 0. The lowest BCUT2D eigenvalue weighted by molar-refractivity contribution is 0.625. The van der Waals surface area contributed by atoms with Crippen LogP contribution in [-0.2, 0) is 0 Å². The molecule has 0 fully saturated rings. The quantitative estimate of drug-likeness (QED) is 0.425. The monoisotopic (exact) mass is 363 g/mol. The van der Waals surface area contributed by atoms with Gasteiger partial charge in [-0.05, 0) is 86.0 Å². The minimum Gasteiger partial charge on any atom is -0.206 e. The number of rotatable bonds is 1. The van der Waals surface area contributed by atoms with Crippen molar-refractivity contribution < 1.29 is 4.39 Å². The SMILES string of the molecule is C[B]c1ccc(C#Cc2ccc(C#Cc3cc(C)c(C)c(C)c3)cc2)c(F)c1. The highest BCUT2D eigenvalue weighted by atomic mass is 19.1. The summed E-state index contributed by atoms with van der Waals surface area (Å²) in [5.74, 6) is 12.0. The van der Waals surface area contributed by atoms with Crippen LogP contribution >= 0.6 is 0 Å². The summed E-state index contributed by atoms with van der Waals surface area (Å²) >= 11 is 0. The highest BCUT2D eigenvalue weighted by Gasteiger charge is 2.00. The number of aryl methyl sites for hydroxylation is 2. The lowest BCUT2D eigenvalue weighted by atomic mass is 9.73. The zero-order valence-electron chi connectivity index (χ0n) is 16.7. The molecule has 0 spiro atoms. The molecule has 0 aliphatic carbocycles. The van der Waals surface area contributed by atoms with Crippen LogP contribution in [0.2, 0.25) is 6.82 Å². The predicted molar refractivity (Wildman–Crippen MR) is 117 cm³/mol. The van der Waals surface area contributed by atoms with Crippen molar-refractivity contribution in [2.24, 2.45) is 0 Å². The average molecular weight is 363 g/mol. The van der Waals surface area contributed by atoms with Gasteiger partial charge in [0.1, 0.15) is 13.1 Å². The minimum absolute atomic E-state index is 0.297. The van der Waals surface area contributed by atoms with Crippen molar-refractivity contribution in [3.63, 3.8) is 0 Å². The molecular weight excluding hydrogens is 342 g/mol. The second-order valence-corrected chi connectivity index (χ2v) is 6.84. The van der Waals surface area contributed by atoms with Crippen molar-refractivity contribution in [1.29, 1.82) is 0 Å². The maximum atomic E-state index is 14.0. The molecule has 3 aromatic rings. The Labute approximate surface area is 168 Å². The molecule has 0 aromatic heterocycles. The Bertz CT molecular complexity index is 1110. The second kappa shape index (κ2) is 8.64. The topological polar surface area (TPSA) is 0 Å². The van der Waals surface area contributed by atoms with Gasteiger partial charge in [-0.2, -0.15) is 0 Å². The summed E-state index contributed by atoms with van der Waals surface area (Å²) in [5.41, 5.74) is 7.86. The first-order valence-electron chi connectivity index (χ1n) is 9.27. The molecule has 0 heterocycles. The third-order valence-electron chi connectivity index (χ3n) is 4.83. The van der Waals surface area contributed by atoms with E-state index in [1.807, 2.05) is 44.4 Å². The molecule has 135 valence electrons. The highest BCUT2D eigenvalue weighted by Crippen LogP contribution is 2.15. The zero-order chi connectivity index (χ0) is 20.1. The summed E-state index contributed by atoms with van der Waals surface area (Å²) in [5, 5.41) is 0. The standard InChI is InChI=1S/C26H21BF/c1-18-15-23(16-19(2)20(18)3)10-9-21-5-7-22(8-6-21)11-12-24-13-14-25(27-4)17-26(24)28/h5-8,13-17H,1-4H3. The van der Waals surface area contributed by atoms with Crippen molar-refractivity contribution in [2.45, 2.75) is 27.6 Å². The molecular formula is C26H21BF. The van der Waals surface area contributed by atoms with E-state index < -0.39 is 0 Å². The molecule has 0 saturated carbocycles. The predicted octanol–water partition coefficient (Wildman–Crippen LogP) is 4.93. The Morgan fingerprint density at radius 1 is 0.679 bits per heavy atom. The van der Waals surface area contributed by atoms with Gasteiger partial charge in [0.15, 0.2) is 0 Å². The van der Waals surface area contributed by atoms with Gasteiger partial charge in [0.2, 0.25) is 0 Å². The van der Waals surface area contributed by atoms with Crippen LogP contribution in [0.3, 0.4) is 0 Å². The van der Waals surface area contributed by atoms with Crippen LogP contribution in [-0.4, -0.2) is 7.28 Å². The molecule has 0 N–H and O–H groups in total. The van der Waals surface area contributed by atoms with E-state index in [1.54, 1.807) is 6.07 Å². The molecule has 1 radical (unpaired) electrons. The van der Waals surface area contributed by atoms with Crippen molar-refractivity contribution in [1.82, 2.24) is 0 Å². The Morgan fingerprint density at radius 3 is 1.75 bits per heavy atom. The first-order valence-corrected chi connectivity index (χ1v) is 9.27. The number of hydrogen-bond donors (Lipinski definition) is 0. The van der Waals surface area contributed by atoms with Crippen LogP contribution in [0.5, 0.6) is 0 Å². The Hall–Kier alpha value is -3.23. The maximum Gasteiger partial charge on any atom is 0.148 e. The van der Waals surface area contributed by atoms with Crippen LogP contribution in [0.15, 0.2) is 54.6 Å². The molecule has 0 aliphatic rings. The van der Waals surface area contributed by atoms with E-state index in [0.717, 1.165) is 22.2 Å². The van der Waals surface area contributed by atoms with E-state index in [0.29, 0.717) is 5.56 Å². The van der Waals surface area contributed by atoms with Gasteiger partial charge < -0.3 is 0 Å². The third-order valence-corrected chi connectivity index (χ3v) is 4.83. The van der Waals surface area contributed by atoms with E-state index in [2.05, 4.69) is 56.6 Å². The molecule has 0 bridgehead atoms. The second-order valence-electron chi connectivity index (χ2n) is 6.84. The van der Waals surface area contributed by atoms with E-state index in [4.69, 9.17) is 0 Å². The average Bonchev–Trinajstić information content (AvgIpc) is 2.70. The fourth-order valence-corrected chi connectivity index (χ4v) is 2.84. The molecule has 0 saturated heterocycles. The molecule has 0 nitrogen and oxygen atoms in total. The largest absolute Gasteiger partial charge is 0.206 e. The molecule has 0 aliphatic heterocycles. The smallest absolute Gasteiger partial charge is 0.148 e. The van der Waals surface area contributed by atoms with Crippen molar-refractivity contribution >= 4 is 12.7 Å². The van der Waals surface area contributed by atoms with Gasteiger partial charge in [-0.25, -0.2) is 4.39 Å². The van der Waals surface area contributed by atoms with Gasteiger partial charge in [0.25, 0.3) is 0 Å². The fraction of sp³-hybridized carbons (Fsp3) is 0.154. The first kappa shape index (κ1) is 19.5. The highest BCUT2D eigenvalue weighted by molar-refractivity contribution is 6.51. The molecule has 3 aromatic carbocycles.